The van der Waals surface area contributed by atoms with Crippen LogP contribution in [0, 0.1) is 0 Å². The molecule has 2 saturated heterocycles. The van der Waals surface area contributed by atoms with E-state index in [1.165, 1.54) is 32.4 Å². The van der Waals surface area contributed by atoms with Crippen LogP contribution in [-0.2, 0) is 9.47 Å². The summed E-state index contributed by atoms with van der Waals surface area (Å²) in [6.07, 6.45) is 6.41. The van der Waals surface area contributed by atoms with Crippen molar-refractivity contribution in [1.29, 1.82) is 0 Å². The van der Waals surface area contributed by atoms with Gasteiger partial charge in [0.2, 0.25) is 0 Å². The summed E-state index contributed by atoms with van der Waals surface area (Å²) in [5, 5.41) is 0. The van der Waals surface area contributed by atoms with Gasteiger partial charge in [-0.15, -0.1) is 0 Å². The standard InChI is InChI=1S/C11H21NO2/c1-2-6-12(7-3-1)10-11-13-8-4-5-9-14-11/h11H,1-10H2. The average Bonchev–Trinajstić information content (AvgIpc) is 2.48. The molecule has 2 aliphatic heterocycles. The molecule has 0 aromatic rings. The third-order valence-electron chi connectivity index (χ3n) is 3.00. The minimum Gasteiger partial charge on any atom is -0.351 e. The number of rotatable bonds is 2. The SMILES string of the molecule is C1CCN(CC2OCCCCO2)CC1. The molecule has 14 heavy (non-hydrogen) atoms. The fraction of sp³-hybridized carbons (Fsp3) is 1.00. The van der Waals surface area contributed by atoms with Crippen molar-refractivity contribution in [3.8, 4) is 0 Å². The van der Waals surface area contributed by atoms with Crippen LogP contribution in [-0.4, -0.2) is 44.0 Å². The van der Waals surface area contributed by atoms with Crippen LogP contribution in [0.5, 0.6) is 0 Å². The van der Waals surface area contributed by atoms with Crippen LogP contribution >= 0.6 is 0 Å². The van der Waals surface area contributed by atoms with E-state index in [1.807, 2.05) is 0 Å². The number of ether oxygens (including phenoxy) is 2. The van der Waals surface area contributed by atoms with Crippen molar-refractivity contribution in [1.82, 2.24) is 4.90 Å². The monoisotopic (exact) mass is 199 g/mol. The Balaban J connectivity index is 1.71. The summed E-state index contributed by atoms with van der Waals surface area (Å²) in [5.41, 5.74) is 0. The fourth-order valence-electron chi connectivity index (χ4n) is 2.14. The van der Waals surface area contributed by atoms with Crippen LogP contribution in [0.25, 0.3) is 0 Å². The number of nitrogens with zero attached hydrogens (tertiary/aromatic N) is 1. The molecule has 2 aliphatic rings. The Hall–Kier alpha value is -0.120. The third kappa shape index (κ3) is 3.23. The molecule has 3 heteroatoms. The maximum Gasteiger partial charge on any atom is 0.170 e. The molecule has 0 saturated carbocycles. The Labute approximate surface area is 86.4 Å². The highest BCUT2D eigenvalue weighted by Gasteiger charge is 2.18. The van der Waals surface area contributed by atoms with E-state index in [9.17, 15) is 0 Å². The Morgan fingerprint density at radius 1 is 0.857 bits per heavy atom. The van der Waals surface area contributed by atoms with Gasteiger partial charge in [0.05, 0.1) is 0 Å². The summed E-state index contributed by atoms with van der Waals surface area (Å²) in [6.45, 7) is 5.17. The number of piperidine rings is 1. The largest absolute Gasteiger partial charge is 0.351 e. The van der Waals surface area contributed by atoms with E-state index in [2.05, 4.69) is 4.90 Å². The Kier molecular flexibility index (Phi) is 4.22. The molecule has 0 aromatic heterocycles. The number of hydrogen-bond donors (Lipinski definition) is 0. The zero-order chi connectivity index (χ0) is 9.64. The van der Waals surface area contributed by atoms with Gasteiger partial charge in [-0.25, -0.2) is 0 Å². The minimum atomic E-state index is 0.0376. The molecule has 3 nitrogen and oxygen atoms in total. The molecule has 0 bridgehead atoms. The van der Waals surface area contributed by atoms with E-state index in [-0.39, 0.29) is 6.29 Å². The lowest BCUT2D eigenvalue weighted by molar-refractivity contribution is -0.139. The molecule has 82 valence electrons. The second-order valence-corrected chi connectivity index (χ2v) is 4.24. The van der Waals surface area contributed by atoms with Gasteiger partial charge in [0.1, 0.15) is 0 Å². The smallest absolute Gasteiger partial charge is 0.170 e. The molecule has 2 rings (SSSR count). The lowest BCUT2D eigenvalue weighted by atomic mass is 10.1. The van der Waals surface area contributed by atoms with Crippen molar-refractivity contribution in [2.24, 2.45) is 0 Å². The van der Waals surface area contributed by atoms with Gasteiger partial charge in [-0.05, 0) is 38.8 Å². The first-order valence-electron chi connectivity index (χ1n) is 5.91. The molecule has 0 unspecified atom stereocenters. The van der Waals surface area contributed by atoms with E-state index in [1.54, 1.807) is 0 Å². The van der Waals surface area contributed by atoms with E-state index >= 15 is 0 Å². The predicted molar refractivity (Wildman–Crippen MR) is 55.2 cm³/mol. The lowest BCUT2D eigenvalue weighted by Gasteiger charge is -2.29. The zero-order valence-electron chi connectivity index (χ0n) is 8.91. The van der Waals surface area contributed by atoms with Crippen molar-refractivity contribution < 1.29 is 9.47 Å². The van der Waals surface area contributed by atoms with Gasteiger partial charge in [-0.1, -0.05) is 6.42 Å². The highest BCUT2D eigenvalue weighted by Crippen LogP contribution is 2.12. The molecule has 0 aromatic carbocycles. The maximum absolute atomic E-state index is 5.64. The highest BCUT2D eigenvalue weighted by molar-refractivity contribution is 4.66. The molecule has 0 radical (unpaired) electrons. The van der Waals surface area contributed by atoms with Gasteiger partial charge in [0, 0.05) is 19.8 Å². The molecular weight excluding hydrogens is 178 g/mol. The van der Waals surface area contributed by atoms with Gasteiger partial charge in [-0.2, -0.15) is 0 Å². The van der Waals surface area contributed by atoms with Crippen LogP contribution in [0.15, 0.2) is 0 Å². The van der Waals surface area contributed by atoms with E-state index in [4.69, 9.17) is 9.47 Å². The summed E-state index contributed by atoms with van der Waals surface area (Å²) in [4.78, 5) is 2.47. The first-order valence-corrected chi connectivity index (χ1v) is 5.91. The topological polar surface area (TPSA) is 21.7 Å². The second kappa shape index (κ2) is 5.69. The van der Waals surface area contributed by atoms with Gasteiger partial charge in [0.25, 0.3) is 0 Å². The van der Waals surface area contributed by atoms with Crippen LogP contribution < -0.4 is 0 Å². The minimum absolute atomic E-state index is 0.0376. The summed E-state index contributed by atoms with van der Waals surface area (Å²) in [6, 6.07) is 0. The van der Waals surface area contributed by atoms with Crippen LogP contribution in [0.2, 0.25) is 0 Å². The Morgan fingerprint density at radius 2 is 1.50 bits per heavy atom. The second-order valence-electron chi connectivity index (χ2n) is 4.24. The third-order valence-corrected chi connectivity index (χ3v) is 3.00. The predicted octanol–water partition coefficient (Wildman–Crippen LogP) is 1.63. The first-order chi connectivity index (χ1) is 6.95. The van der Waals surface area contributed by atoms with Crippen LogP contribution in [0.4, 0.5) is 0 Å². The molecule has 0 spiro atoms. The summed E-state index contributed by atoms with van der Waals surface area (Å²) in [5.74, 6) is 0. The van der Waals surface area contributed by atoms with Gasteiger partial charge < -0.3 is 9.47 Å². The average molecular weight is 199 g/mol. The molecule has 2 heterocycles. The van der Waals surface area contributed by atoms with Crippen molar-refractivity contribution >= 4 is 0 Å². The Bertz CT molecular complexity index is 149. The maximum atomic E-state index is 5.64. The van der Waals surface area contributed by atoms with E-state index < -0.39 is 0 Å². The van der Waals surface area contributed by atoms with Crippen molar-refractivity contribution in [3.05, 3.63) is 0 Å². The Morgan fingerprint density at radius 3 is 2.14 bits per heavy atom. The molecule has 0 atom stereocenters. The van der Waals surface area contributed by atoms with Gasteiger partial charge in [-0.3, -0.25) is 4.90 Å². The molecule has 2 fully saturated rings. The van der Waals surface area contributed by atoms with Crippen LogP contribution in [0.3, 0.4) is 0 Å². The quantitative estimate of drug-likeness (QED) is 0.674. The van der Waals surface area contributed by atoms with Crippen molar-refractivity contribution in [2.45, 2.75) is 38.4 Å². The molecule has 0 N–H and O–H groups in total. The van der Waals surface area contributed by atoms with E-state index in [0.717, 1.165) is 32.6 Å². The van der Waals surface area contributed by atoms with Crippen molar-refractivity contribution in [3.63, 3.8) is 0 Å². The fourth-order valence-corrected chi connectivity index (χ4v) is 2.14. The molecular formula is C11H21NO2. The van der Waals surface area contributed by atoms with E-state index in [0.29, 0.717) is 0 Å². The molecule has 0 aliphatic carbocycles. The summed E-state index contributed by atoms with van der Waals surface area (Å²) in [7, 11) is 0. The van der Waals surface area contributed by atoms with Gasteiger partial charge in [0.15, 0.2) is 6.29 Å². The summed E-state index contributed by atoms with van der Waals surface area (Å²) < 4.78 is 11.3. The van der Waals surface area contributed by atoms with Crippen LogP contribution in [0.1, 0.15) is 32.1 Å². The normalized spacial score (nSPS) is 27.4. The number of likely N-dealkylation sites (tertiary alicyclic amines) is 1. The lowest BCUT2D eigenvalue weighted by Crippen LogP contribution is -2.38. The van der Waals surface area contributed by atoms with Gasteiger partial charge >= 0.3 is 0 Å². The van der Waals surface area contributed by atoms with Crippen molar-refractivity contribution in [2.75, 3.05) is 32.8 Å². The summed E-state index contributed by atoms with van der Waals surface area (Å²) >= 11 is 0. The first kappa shape index (κ1) is 10.4. The zero-order valence-corrected chi connectivity index (χ0v) is 8.91. The number of hydrogen-bond acceptors (Lipinski definition) is 3. The molecule has 0 amide bonds. The highest BCUT2D eigenvalue weighted by atomic mass is 16.7.